The van der Waals surface area contributed by atoms with Gasteiger partial charge in [0.1, 0.15) is 0 Å². The van der Waals surface area contributed by atoms with E-state index in [-0.39, 0.29) is 12.1 Å². The van der Waals surface area contributed by atoms with Crippen molar-refractivity contribution in [1.82, 2.24) is 10.6 Å². The number of anilines is 1. The number of urea groups is 1. The molecule has 4 nitrogen and oxygen atoms in total. The third-order valence-electron chi connectivity index (χ3n) is 3.11. The molecule has 0 fully saturated rings. The molecule has 0 saturated carbocycles. The Morgan fingerprint density at radius 1 is 1.35 bits per heavy atom. The summed E-state index contributed by atoms with van der Waals surface area (Å²) >= 11 is 1.73. The summed E-state index contributed by atoms with van der Waals surface area (Å²) in [7, 11) is 0. The van der Waals surface area contributed by atoms with E-state index < -0.39 is 0 Å². The summed E-state index contributed by atoms with van der Waals surface area (Å²) in [5.74, 6) is 0. The van der Waals surface area contributed by atoms with Crippen molar-refractivity contribution in [3.8, 4) is 0 Å². The van der Waals surface area contributed by atoms with Gasteiger partial charge in [-0.1, -0.05) is 26.0 Å². The van der Waals surface area contributed by atoms with Crippen molar-refractivity contribution in [2.75, 3.05) is 24.7 Å². The first-order valence-electron chi connectivity index (χ1n) is 6.97. The molecule has 0 aliphatic heterocycles. The van der Waals surface area contributed by atoms with Crippen LogP contribution in [0.5, 0.6) is 0 Å². The normalized spacial score (nSPS) is 13.6. The Morgan fingerprint density at radius 2 is 2.10 bits per heavy atom. The van der Waals surface area contributed by atoms with Crippen molar-refractivity contribution in [2.24, 2.45) is 0 Å². The summed E-state index contributed by atoms with van der Waals surface area (Å²) in [6.45, 7) is 7.87. The van der Waals surface area contributed by atoms with Crippen LogP contribution in [0.2, 0.25) is 0 Å². The second kappa shape index (κ2) is 8.87. The Morgan fingerprint density at radius 3 is 2.75 bits per heavy atom. The van der Waals surface area contributed by atoms with Gasteiger partial charge in [0, 0.05) is 23.5 Å². The number of carbonyl (C=O) groups is 1. The summed E-state index contributed by atoms with van der Waals surface area (Å²) in [6.07, 6.45) is 2.04. The van der Waals surface area contributed by atoms with Crippen LogP contribution in [0.4, 0.5) is 10.5 Å². The van der Waals surface area contributed by atoms with E-state index in [1.807, 2.05) is 24.5 Å². The van der Waals surface area contributed by atoms with Crippen molar-refractivity contribution in [3.63, 3.8) is 0 Å². The lowest BCUT2D eigenvalue weighted by Gasteiger charge is -2.15. The van der Waals surface area contributed by atoms with E-state index >= 15 is 0 Å². The number of thioether (sulfide) groups is 1. The molecule has 3 N–H and O–H groups in total. The standard InChI is InChI=1S/C15H25N3OS/c1-5-16-12(3)13-7-6-8-14(9-13)18-15(19)17-10-11(2)20-4/h6-9,11-12,16H,5,10H2,1-4H3,(H2,17,18,19). The van der Waals surface area contributed by atoms with Crippen LogP contribution in [-0.4, -0.2) is 30.6 Å². The number of benzene rings is 1. The fraction of sp³-hybridized carbons (Fsp3) is 0.533. The van der Waals surface area contributed by atoms with Crippen LogP contribution in [-0.2, 0) is 0 Å². The molecule has 0 saturated heterocycles. The van der Waals surface area contributed by atoms with Crippen LogP contribution < -0.4 is 16.0 Å². The molecule has 0 bridgehead atoms. The first kappa shape index (κ1) is 16.9. The summed E-state index contributed by atoms with van der Waals surface area (Å²) in [5.41, 5.74) is 1.99. The van der Waals surface area contributed by atoms with Gasteiger partial charge in [0.2, 0.25) is 0 Å². The Kier molecular flexibility index (Phi) is 7.47. The molecule has 2 atom stereocenters. The van der Waals surface area contributed by atoms with Gasteiger partial charge in [-0.05, 0) is 37.4 Å². The smallest absolute Gasteiger partial charge is 0.319 e. The third kappa shape index (κ3) is 5.84. The summed E-state index contributed by atoms with van der Waals surface area (Å²) in [5, 5.41) is 9.52. The largest absolute Gasteiger partial charge is 0.337 e. The minimum absolute atomic E-state index is 0.154. The van der Waals surface area contributed by atoms with Gasteiger partial charge in [0.15, 0.2) is 0 Å². The second-order valence-electron chi connectivity index (χ2n) is 4.79. The van der Waals surface area contributed by atoms with Crippen LogP contribution in [0.15, 0.2) is 24.3 Å². The third-order valence-corrected chi connectivity index (χ3v) is 4.08. The fourth-order valence-electron chi connectivity index (χ4n) is 1.80. The molecule has 0 aliphatic carbocycles. The van der Waals surface area contributed by atoms with Crippen LogP contribution in [0.1, 0.15) is 32.4 Å². The molecule has 112 valence electrons. The van der Waals surface area contributed by atoms with Gasteiger partial charge in [0.25, 0.3) is 0 Å². The average Bonchev–Trinajstić information content (AvgIpc) is 2.45. The SMILES string of the molecule is CCNC(C)c1cccc(NC(=O)NCC(C)SC)c1. The first-order valence-corrected chi connectivity index (χ1v) is 8.26. The van der Waals surface area contributed by atoms with Crippen LogP contribution >= 0.6 is 11.8 Å². The zero-order chi connectivity index (χ0) is 15.0. The zero-order valence-electron chi connectivity index (χ0n) is 12.7. The Balaban J connectivity index is 2.55. The Labute approximate surface area is 126 Å². The average molecular weight is 295 g/mol. The predicted octanol–water partition coefficient (Wildman–Crippen LogP) is 3.23. The molecule has 0 spiro atoms. The van der Waals surface area contributed by atoms with Gasteiger partial charge in [-0.3, -0.25) is 0 Å². The van der Waals surface area contributed by atoms with Crippen molar-refractivity contribution in [3.05, 3.63) is 29.8 Å². The van der Waals surface area contributed by atoms with Gasteiger partial charge in [-0.2, -0.15) is 11.8 Å². The molecule has 1 rings (SSSR count). The minimum atomic E-state index is -0.154. The highest BCUT2D eigenvalue weighted by atomic mass is 32.2. The molecule has 0 radical (unpaired) electrons. The highest BCUT2D eigenvalue weighted by Gasteiger charge is 2.07. The molecular weight excluding hydrogens is 270 g/mol. The van der Waals surface area contributed by atoms with Crippen molar-refractivity contribution >= 4 is 23.5 Å². The molecule has 2 amide bonds. The van der Waals surface area contributed by atoms with Crippen LogP contribution in [0.25, 0.3) is 0 Å². The Hall–Kier alpha value is -1.20. The van der Waals surface area contributed by atoms with Crippen molar-refractivity contribution in [1.29, 1.82) is 0 Å². The van der Waals surface area contributed by atoms with Gasteiger partial charge in [0.05, 0.1) is 0 Å². The number of nitrogens with one attached hydrogen (secondary N) is 3. The maximum Gasteiger partial charge on any atom is 0.319 e. The number of hydrogen-bond donors (Lipinski definition) is 3. The van der Waals surface area contributed by atoms with Crippen molar-refractivity contribution < 1.29 is 4.79 Å². The molecular formula is C15H25N3OS. The van der Waals surface area contributed by atoms with Gasteiger partial charge < -0.3 is 16.0 Å². The van der Waals surface area contributed by atoms with Crippen LogP contribution in [0.3, 0.4) is 0 Å². The lowest BCUT2D eigenvalue weighted by atomic mass is 10.1. The molecule has 1 aromatic rings. The number of amides is 2. The summed E-state index contributed by atoms with van der Waals surface area (Å²) < 4.78 is 0. The lowest BCUT2D eigenvalue weighted by molar-refractivity contribution is 0.252. The minimum Gasteiger partial charge on any atom is -0.337 e. The maximum absolute atomic E-state index is 11.8. The Bertz CT molecular complexity index is 425. The second-order valence-corrected chi connectivity index (χ2v) is 6.06. The topological polar surface area (TPSA) is 53.2 Å². The zero-order valence-corrected chi connectivity index (χ0v) is 13.5. The van der Waals surface area contributed by atoms with E-state index in [1.165, 1.54) is 5.56 Å². The molecule has 0 aliphatic rings. The molecule has 2 unspecified atom stereocenters. The highest BCUT2D eigenvalue weighted by molar-refractivity contribution is 7.99. The predicted molar refractivity (Wildman–Crippen MR) is 88.5 cm³/mol. The first-order chi connectivity index (χ1) is 9.56. The number of carbonyl (C=O) groups excluding carboxylic acids is 1. The maximum atomic E-state index is 11.8. The number of rotatable bonds is 7. The lowest BCUT2D eigenvalue weighted by Crippen LogP contribution is -2.33. The molecule has 5 heteroatoms. The van der Waals surface area contributed by atoms with E-state index in [0.717, 1.165) is 12.2 Å². The quantitative estimate of drug-likeness (QED) is 0.724. The number of hydrogen-bond acceptors (Lipinski definition) is 3. The van der Waals surface area contributed by atoms with Gasteiger partial charge >= 0.3 is 6.03 Å². The van der Waals surface area contributed by atoms with E-state index in [0.29, 0.717) is 11.8 Å². The van der Waals surface area contributed by atoms with E-state index in [1.54, 1.807) is 11.8 Å². The molecule has 0 heterocycles. The fourth-order valence-corrected chi connectivity index (χ4v) is 2.05. The summed E-state index contributed by atoms with van der Waals surface area (Å²) in [6, 6.07) is 8.06. The van der Waals surface area contributed by atoms with E-state index in [4.69, 9.17) is 0 Å². The molecule has 1 aromatic carbocycles. The molecule has 20 heavy (non-hydrogen) atoms. The van der Waals surface area contributed by atoms with Crippen molar-refractivity contribution in [2.45, 2.75) is 32.1 Å². The van der Waals surface area contributed by atoms with Gasteiger partial charge in [-0.25, -0.2) is 4.79 Å². The van der Waals surface area contributed by atoms with E-state index in [2.05, 4.69) is 42.8 Å². The van der Waals surface area contributed by atoms with Crippen LogP contribution in [0, 0.1) is 0 Å². The monoisotopic (exact) mass is 295 g/mol. The van der Waals surface area contributed by atoms with E-state index in [9.17, 15) is 4.79 Å². The highest BCUT2D eigenvalue weighted by Crippen LogP contribution is 2.17. The van der Waals surface area contributed by atoms with Gasteiger partial charge in [-0.15, -0.1) is 0 Å². The molecule has 0 aromatic heterocycles. The summed E-state index contributed by atoms with van der Waals surface area (Å²) in [4.78, 5) is 11.8.